The van der Waals surface area contributed by atoms with E-state index >= 15 is 0 Å². The summed E-state index contributed by atoms with van der Waals surface area (Å²) in [7, 11) is -12.8. The molecule has 0 aromatic rings. The van der Waals surface area contributed by atoms with Crippen LogP contribution >= 0.6 is 0 Å². The first-order valence-corrected chi connectivity index (χ1v) is 19.7. The van der Waals surface area contributed by atoms with Gasteiger partial charge in [0.05, 0.1) is 102 Å². The molecule has 0 aromatic heterocycles. The molecule has 4 aliphatic rings. The number of ether oxygens (including phenoxy) is 4. The summed E-state index contributed by atoms with van der Waals surface area (Å²) in [6.07, 6.45) is -0.782. The molecule has 0 saturated carbocycles. The molecule has 4 saturated heterocycles. The first-order chi connectivity index (χ1) is 17.1. The van der Waals surface area contributed by atoms with Gasteiger partial charge in [0, 0.05) is 0 Å². The molecule has 4 rings (SSSR count). The molecule has 16 heteroatoms. The maximum absolute atomic E-state index is 11.9. The van der Waals surface area contributed by atoms with E-state index in [0.717, 1.165) is 0 Å². The topological polar surface area (TPSA) is 173 Å². The minimum absolute atomic E-state index is 0.0218. The van der Waals surface area contributed by atoms with E-state index in [1.54, 1.807) is 0 Å². The van der Waals surface area contributed by atoms with Crippen LogP contribution in [0.1, 0.15) is 25.7 Å². The molecule has 4 fully saturated rings. The highest BCUT2D eigenvalue weighted by atomic mass is 32.2. The van der Waals surface area contributed by atoms with Crippen LogP contribution in [0.3, 0.4) is 0 Å². The molecule has 37 heavy (non-hydrogen) atoms. The number of rotatable bonds is 12. The highest BCUT2D eigenvalue weighted by Crippen LogP contribution is 2.29. The Kier molecular flexibility index (Phi) is 9.01. The molecule has 0 aliphatic carbocycles. The summed E-state index contributed by atoms with van der Waals surface area (Å²) in [5.41, 5.74) is -1.03. The van der Waals surface area contributed by atoms with Crippen molar-refractivity contribution in [2.75, 3.05) is 72.5 Å². The second-order valence-electron chi connectivity index (χ2n) is 10.8. The molecule has 0 amide bonds. The third kappa shape index (κ3) is 8.82. The van der Waals surface area contributed by atoms with Crippen molar-refractivity contribution < 1.29 is 52.6 Å². The Balaban J connectivity index is 1.49. The lowest BCUT2D eigenvalue weighted by Gasteiger charge is -2.36. The predicted octanol–water partition coefficient (Wildman–Crippen LogP) is -1.21. The van der Waals surface area contributed by atoms with Crippen molar-refractivity contribution >= 4 is 39.3 Å². The van der Waals surface area contributed by atoms with Crippen molar-refractivity contribution in [3.8, 4) is 0 Å². The Morgan fingerprint density at radius 3 is 0.811 bits per heavy atom. The number of hydrogen-bond donors (Lipinski definition) is 0. The summed E-state index contributed by atoms with van der Waals surface area (Å²) in [4.78, 5) is 0. The lowest BCUT2D eigenvalue weighted by molar-refractivity contribution is -0.140. The van der Waals surface area contributed by atoms with Crippen LogP contribution in [0, 0.1) is 5.41 Å². The van der Waals surface area contributed by atoms with E-state index in [0.29, 0.717) is 25.7 Å². The molecule has 4 heterocycles. The van der Waals surface area contributed by atoms with Gasteiger partial charge in [-0.3, -0.25) is 0 Å². The van der Waals surface area contributed by atoms with Crippen LogP contribution in [0.25, 0.3) is 0 Å². The molecule has 0 spiro atoms. The van der Waals surface area contributed by atoms with E-state index in [1.807, 2.05) is 0 Å². The van der Waals surface area contributed by atoms with Crippen molar-refractivity contribution in [1.82, 2.24) is 0 Å². The molecular formula is C21H36O12S4. The van der Waals surface area contributed by atoms with Crippen LogP contribution in [0.2, 0.25) is 0 Å². The molecule has 4 aliphatic heterocycles. The van der Waals surface area contributed by atoms with Crippen molar-refractivity contribution in [2.45, 2.75) is 50.1 Å². The van der Waals surface area contributed by atoms with Crippen LogP contribution in [0.4, 0.5) is 0 Å². The van der Waals surface area contributed by atoms with Crippen LogP contribution < -0.4 is 0 Å². The molecule has 216 valence electrons. The van der Waals surface area contributed by atoms with E-state index in [1.165, 1.54) is 0 Å². The molecule has 0 unspecified atom stereocenters. The van der Waals surface area contributed by atoms with Gasteiger partial charge in [-0.25, -0.2) is 33.7 Å². The summed E-state index contributed by atoms with van der Waals surface area (Å²) in [6.45, 7) is -0.144. The third-order valence-corrected chi connectivity index (χ3v) is 14.2. The second kappa shape index (κ2) is 11.3. The Hall–Kier alpha value is -0.360. The van der Waals surface area contributed by atoms with Gasteiger partial charge in [0.1, 0.15) is 0 Å². The van der Waals surface area contributed by atoms with Crippen LogP contribution in [-0.2, 0) is 58.3 Å². The van der Waals surface area contributed by atoms with Crippen LogP contribution in [0.5, 0.6) is 0 Å². The smallest absolute Gasteiger partial charge is 0.152 e. The van der Waals surface area contributed by atoms with Crippen molar-refractivity contribution in [2.24, 2.45) is 5.41 Å². The molecule has 0 bridgehead atoms. The van der Waals surface area contributed by atoms with Gasteiger partial charge in [-0.1, -0.05) is 0 Å². The second-order valence-corrected chi connectivity index (χ2v) is 19.8. The molecule has 0 radical (unpaired) electrons. The Bertz CT molecular complexity index is 1040. The Labute approximate surface area is 219 Å². The average molecular weight is 609 g/mol. The molecule has 4 atom stereocenters. The quantitative estimate of drug-likeness (QED) is 0.259. The van der Waals surface area contributed by atoms with Crippen molar-refractivity contribution in [3.63, 3.8) is 0 Å². The summed E-state index contributed by atoms with van der Waals surface area (Å²) in [5, 5.41) is 0. The maximum Gasteiger partial charge on any atom is 0.152 e. The molecular weight excluding hydrogens is 572 g/mol. The normalized spacial score (nSPS) is 34.2. The number of hydrogen-bond acceptors (Lipinski definition) is 12. The summed E-state index contributed by atoms with van der Waals surface area (Å²) >= 11 is 0. The van der Waals surface area contributed by atoms with Gasteiger partial charge in [-0.05, 0) is 25.7 Å². The fourth-order valence-electron chi connectivity index (χ4n) is 5.00. The van der Waals surface area contributed by atoms with Crippen molar-refractivity contribution in [3.05, 3.63) is 0 Å². The SMILES string of the molecule is O=S1(=O)CC[C@@H](OCC(CO[C@@H]2CCS(=O)(=O)C2)(CO[C@@H]2CCS(=O)(=O)C2)CO[C@@H]2CCS(=O)(=O)C2)C1. The summed E-state index contributed by atoms with van der Waals surface area (Å²) in [6, 6.07) is 0. The minimum Gasteiger partial charge on any atom is -0.376 e. The summed E-state index contributed by atoms with van der Waals surface area (Å²) in [5.74, 6) is -0.380. The van der Waals surface area contributed by atoms with Crippen LogP contribution in [0.15, 0.2) is 0 Å². The van der Waals surface area contributed by atoms with E-state index in [9.17, 15) is 33.7 Å². The van der Waals surface area contributed by atoms with E-state index in [4.69, 9.17) is 18.9 Å². The van der Waals surface area contributed by atoms with Gasteiger partial charge in [0.2, 0.25) is 0 Å². The Morgan fingerprint density at radius 1 is 0.432 bits per heavy atom. The van der Waals surface area contributed by atoms with Gasteiger partial charge in [0.25, 0.3) is 0 Å². The zero-order valence-corrected chi connectivity index (χ0v) is 23.9. The first-order valence-electron chi connectivity index (χ1n) is 12.4. The lowest BCUT2D eigenvalue weighted by atomic mass is 9.91. The van der Waals surface area contributed by atoms with Gasteiger partial charge in [-0.15, -0.1) is 0 Å². The number of sulfone groups is 4. The highest BCUT2D eigenvalue weighted by molar-refractivity contribution is 7.92. The minimum atomic E-state index is -3.20. The molecule has 12 nitrogen and oxygen atoms in total. The average Bonchev–Trinajstić information content (AvgIpc) is 3.53. The van der Waals surface area contributed by atoms with Crippen LogP contribution in [-0.4, -0.2) is 131 Å². The molecule has 0 aromatic carbocycles. The maximum atomic E-state index is 11.9. The zero-order chi connectivity index (χ0) is 27.0. The largest absolute Gasteiger partial charge is 0.376 e. The third-order valence-electron chi connectivity index (χ3n) is 7.26. The van der Waals surface area contributed by atoms with Gasteiger partial charge in [-0.2, -0.15) is 0 Å². The lowest BCUT2D eigenvalue weighted by Crippen LogP contribution is -2.45. The van der Waals surface area contributed by atoms with Gasteiger partial charge in [0.15, 0.2) is 39.3 Å². The standard InChI is InChI=1S/C21H36O12S4/c22-34(23)5-1-17(9-34)30-13-21(14-31-18-2-6-35(24,25)10-18,15-32-19-3-7-36(26,27)11-19)16-33-20-4-8-37(28,29)12-20/h17-20H,1-16H2/t17-,18-,19-,20-/m1/s1. The first kappa shape index (κ1) is 29.6. The predicted molar refractivity (Wildman–Crippen MR) is 134 cm³/mol. The zero-order valence-electron chi connectivity index (χ0n) is 20.7. The van der Waals surface area contributed by atoms with Crippen molar-refractivity contribution in [1.29, 1.82) is 0 Å². The molecule has 0 N–H and O–H groups in total. The van der Waals surface area contributed by atoms with E-state index in [2.05, 4.69) is 0 Å². The fraction of sp³-hybridized carbons (Fsp3) is 1.00. The fourth-order valence-corrected chi connectivity index (χ4v) is 11.5. The van der Waals surface area contributed by atoms with Gasteiger partial charge < -0.3 is 18.9 Å². The van der Waals surface area contributed by atoms with Gasteiger partial charge >= 0.3 is 0 Å². The Morgan fingerprint density at radius 2 is 0.649 bits per heavy atom. The van der Waals surface area contributed by atoms with E-state index in [-0.39, 0.29) is 72.5 Å². The highest BCUT2D eigenvalue weighted by Gasteiger charge is 2.41. The summed E-state index contributed by atoms with van der Waals surface area (Å²) < 4.78 is 119. The van der Waals surface area contributed by atoms with E-state index < -0.39 is 69.2 Å². The monoisotopic (exact) mass is 608 g/mol.